The first-order valence-corrected chi connectivity index (χ1v) is 10.6. The van der Waals surface area contributed by atoms with Crippen molar-refractivity contribution in [2.45, 2.75) is 50.9 Å². The van der Waals surface area contributed by atoms with Gasteiger partial charge in [0.1, 0.15) is 0 Å². The third-order valence-electron chi connectivity index (χ3n) is 6.70. The van der Waals surface area contributed by atoms with Crippen molar-refractivity contribution in [2.24, 2.45) is 0 Å². The molecule has 0 radical (unpaired) electrons. The summed E-state index contributed by atoms with van der Waals surface area (Å²) in [6.07, 6.45) is 7.53. The smallest absolute Gasteiger partial charge is 0.225 e. The van der Waals surface area contributed by atoms with Crippen molar-refractivity contribution in [2.75, 3.05) is 31.1 Å². The van der Waals surface area contributed by atoms with E-state index in [0.29, 0.717) is 12.3 Å². The highest BCUT2D eigenvalue weighted by Gasteiger charge is 2.46. The van der Waals surface area contributed by atoms with Crippen LogP contribution in [0.25, 0.3) is 0 Å². The standard InChI is InChI=1S/C23H30N4O/c1-3-26(4-2)21(28)16-18-17-23(20-9-6-5-8-19(18)20)10-14-27(15-11-23)22-24-12-7-13-25-22/h5-9,12-13,18H,3-4,10-11,14-17H2,1-2H3. The summed E-state index contributed by atoms with van der Waals surface area (Å²) in [7, 11) is 0. The monoisotopic (exact) mass is 378 g/mol. The minimum atomic E-state index is 0.191. The van der Waals surface area contributed by atoms with E-state index in [0.717, 1.165) is 51.4 Å². The van der Waals surface area contributed by atoms with Crippen molar-refractivity contribution in [1.82, 2.24) is 14.9 Å². The number of amides is 1. The predicted octanol–water partition coefficient (Wildman–Crippen LogP) is 3.76. The van der Waals surface area contributed by atoms with Gasteiger partial charge in [-0.2, -0.15) is 0 Å². The Morgan fingerprint density at radius 2 is 1.79 bits per heavy atom. The van der Waals surface area contributed by atoms with Crippen LogP contribution in [0.4, 0.5) is 5.95 Å². The maximum atomic E-state index is 12.8. The molecule has 28 heavy (non-hydrogen) atoms. The molecule has 2 heterocycles. The van der Waals surface area contributed by atoms with Gasteiger partial charge in [0.25, 0.3) is 0 Å². The zero-order chi connectivity index (χ0) is 19.6. The van der Waals surface area contributed by atoms with Gasteiger partial charge in [-0.3, -0.25) is 4.79 Å². The van der Waals surface area contributed by atoms with Gasteiger partial charge in [-0.1, -0.05) is 24.3 Å². The van der Waals surface area contributed by atoms with Crippen LogP contribution in [0.15, 0.2) is 42.7 Å². The quantitative estimate of drug-likeness (QED) is 0.795. The number of piperidine rings is 1. The topological polar surface area (TPSA) is 49.3 Å². The molecule has 1 aliphatic heterocycles. The Morgan fingerprint density at radius 1 is 1.11 bits per heavy atom. The molecule has 1 saturated heterocycles. The summed E-state index contributed by atoms with van der Waals surface area (Å²) in [5, 5.41) is 0. The molecule has 0 saturated carbocycles. The van der Waals surface area contributed by atoms with Gasteiger partial charge in [0.05, 0.1) is 0 Å². The molecule has 1 fully saturated rings. The number of rotatable bonds is 5. The molecule has 1 aliphatic carbocycles. The molecule has 148 valence electrons. The van der Waals surface area contributed by atoms with Crippen molar-refractivity contribution >= 4 is 11.9 Å². The first-order valence-electron chi connectivity index (χ1n) is 10.6. The number of hydrogen-bond donors (Lipinski definition) is 0. The van der Waals surface area contributed by atoms with Crippen LogP contribution in [0.1, 0.15) is 56.6 Å². The molecule has 5 heteroatoms. The molecule has 1 aromatic heterocycles. The summed E-state index contributed by atoms with van der Waals surface area (Å²) in [5.41, 5.74) is 3.06. The summed E-state index contributed by atoms with van der Waals surface area (Å²) in [6.45, 7) is 7.64. The molecule has 0 N–H and O–H groups in total. The molecule has 2 aromatic rings. The van der Waals surface area contributed by atoms with E-state index in [9.17, 15) is 4.79 Å². The Labute approximate surface area is 167 Å². The van der Waals surface area contributed by atoms with Gasteiger partial charge in [-0.15, -0.1) is 0 Å². The van der Waals surface area contributed by atoms with Crippen LogP contribution in [-0.2, 0) is 10.2 Å². The van der Waals surface area contributed by atoms with Gasteiger partial charge >= 0.3 is 0 Å². The lowest BCUT2D eigenvalue weighted by Gasteiger charge is -2.40. The molecule has 0 bridgehead atoms. The zero-order valence-electron chi connectivity index (χ0n) is 17.0. The van der Waals surface area contributed by atoms with E-state index < -0.39 is 0 Å². The van der Waals surface area contributed by atoms with Crippen molar-refractivity contribution in [3.05, 3.63) is 53.9 Å². The number of hydrogen-bond acceptors (Lipinski definition) is 4. The van der Waals surface area contributed by atoms with E-state index in [2.05, 4.69) is 53.0 Å². The Balaban J connectivity index is 1.52. The summed E-state index contributed by atoms with van der Waals surface area (Å²) in [5.74, 6) is 1.46. The number of anilines is 1. The number of benzene rings is 1. The largest absolute Gasteiger partial charge is 0.343 e. The Bertz CT molecular complexity index is 810. The van der Waals surface area contributed by atoms with E-state index in [4.69, 9.17) is 0 Å². The van der Waals surface area contributed by atoms with Gasteiger partial charge in [-0.05, 0) is 61.6 Å². The number of carbonyl (C=O) groups excluding carboxylic acids is 1. The molecule has 4 rings (SSSR count). The second-order valence-corrected chi connectivity index (χ2v) is 8.07. The van der Waals surface area contributed by atoms with Crippen LogP contribution in [0.2, 0.25) is 0 Å². The molecular weight excluding hydrogens is 348 g/mol. The van der Waals surface area contributed by atoms with Crippen molar-refractivity contribution in [3.63, 3.8) is 0 Å². The van der Waals surface area contributed by atoms with E-state index in [1.807, 2.05) is 23.4 Å². The Morgan fingerprint density at radius 3 is 2.46 bits per heavy atom. The zero-order valence-corrected chi connectivity index (χ0v) is 17.0. The summed E-state index contributed by atoms with van der Waals surface area (Å²) in [4.78, 5) is 25.9. The van der Waals surface area contributed by atoms with Gasteiger partial charge in [0, 0.05) is 45.0 Å². The maximum absolute atomic E-state index is 12.8. The van der Waals surface area contributed by atoms with Crippen molar-refractivity contribution in [1.29, 1.82) is 0 Å². The fourth-order valence-corrected chi connectivity index (χ4v) is 5.19. The van der Waals surface area contributed by atoms with Crippen LogP contribution in [0, 0.1) is 0 Å². The molecule has 5 nitrogen and oxygen atoms in total. The average Bonchev–Trinajstić information content (AvgIpc) is 3.03. The minimum absolute atomic E-state index is 0.191. The lowest BCUT2D eigenvalue weighted by molar-refractivity contribution is -0.131. The lowest BCUT2D eigenvalue weighted by Crippen LogP contribution is -2.42. The number of nitrogens with zero attached hydrogens (tertiary/aromatic N) is 4. The van der Waals surface area contributed by atoms with Crippen molar-refractivity contribution in [3.8, 4) is 0 Å². The van der Waals surface area contributed by atoms with Gasteiger partial charge in [0.2, 0.25) is 11.9 Å². The van der Waals surface area contributed by atoms with E-state index in [1.54, 1.807) is 0 Å². The van der Waals surface area contributed by atoms with Gasteiger partial charge in [-0.25, -0.2) is 9.97 Å². The first-order chi connectivity index (χ1) is 13.7. The Hall–Kier alpha value is -2.43. The van der Waals surface area contributed by atoms with E-state index in [1.165, 1.54) is 11.1 Å². The van der Waals surface area contributed by atoms with Crippen LogP contribution in [0.3, 0.4) is 0 Å². The number of carbonyl (C=O) groups is 1. The molecular formula is C23H30N4O. The van der Waals surface area contributed by atoms with E-state index >= 15 is 0 Å². The highest BCUT2D eigenvalue weighted by Crippen LogP contribution is 2.52. The van der Waals surface area contributed by atoms with Crippen LogP contribution in [-0.4, -0.2) is 47.0 Å². The van der Waals surface area contributed by atoms with Gasteiger partial charge in [0.15, 0.2) is 0 Å². The highest BCUT2D eigenvalue weighted by atomic mass is 16.2. The second kappa shape index (κ2) is 7.90. The summed E-state index contributed by atoms with van der Waals surface area (Å²) < 4.78 is 0. The molecule has 1 spiro atoms. The molecule has 1 aromatic carbocycles. The normalized spacial score (nSPS) is 20.2. The molecule has 1 atom stereocenters. The SMILES string of the molecule is CCN(CC)C(=O)CC1CC2(CCN(c3ncccn3)CC2)c2ccccc21. The molecule has 2 aliphatic rings. The molecule has 1 unspecified atom stereocenters. The van der Waals surface area contributed by atoms with Crippen LogP contribution < -0.4 is 4.90 Å². The molecule has 1 amide bonds. The fourth-order valence-electron chi connectivity index (χ4n) is 5.19. The lowest BCUT2D eigenvalue weighted by atomic mass is 9.73. The highest BCUT2D eigenvalue weighted by molar-refractivity contribution is 5.77. The number of aromatic nitrogens is 2. The van der Waals surface area contributed by atoms with Crippen molar-refractivity contribution < 1.29 is 4.79 Å². The summed E-state index contributed by atoms with van der Waals surface area (Å²) >= 11 is 0. The number of fused-ring (bicyclic) bond motifs is 2. The third kappa shape index (κ3) is 3.38. The van der Waals surface area contributed by atoms with Gasteiger partial charge < -0.3 is 9.80 Å². The van der Waals surface area contributed by atoms with Crippen LogP contribution in [0.5, 0.6) is 0 Å². The maximum Gasteiger partial charge on any atom is 0.225 e. The summed E-state index contributed by atoms with van der Waals surface area (Å²) in [6, 6.07) is 10.7. The van der Waals surface area contributed by atoms with E-state index in [-0.39, 0.29) is 11.3 Å². The predicted molar refractivity (Wildman–Crippen MR) is 112 cm³/mol. The Kier molecular flexibility index (Phi) is 5.33. The fraction of sp³-hybridized carbons (Fsp3) is 0.522. The minimum Gasteiger partial charge on any atom is -0.343 e. The third-order valence-corrected chi connectivity index (χ3v) is 6.70. The first kappa shape index (κ1) is 18.9. The average molecular weight is 379 g/mol. The second-order valence-electron chi connectivity index (χ2n) is 8.07. The van der Waals surface area contributed by atoms with Crippen LogP contribution >= 0.6 is 0 Å².